The largest absolute Gasteiger partial charge is 0.349 e. The number of hydrogen-bond donors (Lipinski definition) is 1. The van der Waals surface area contributed by atoms with E-state index in [0.29, 0.717) is 17.3 Å². The molecule has 1 aliphatic rings. The molecule has 2 aromatic heterocycles. The van der Waals surface area contributed by atoms with Gasteiger partial charge in [0.2, 0.25) is 0 Å². The van der Waals surface area contributed by atoms with Gasteiger partial charge in [0.1, 0.15) is 17.9 Å². The lowest BCUT2D eigenvalue weighted by Crippen LogP contribution is -2.41. The van der Waals surface area contributed by atoms with E-state index in [1.807, 2.05) is 4.90 Å². The van der Waals surface area contributed by atoms with Crippen molar-refractivity contribution in [2.75, 3.05) is 11.4 Å². The van der Waals surface area contributed by atoms with Gasteiger partial charge in [0.25, 0.3) is 0 Å². The predicted molar refractivity (Wildman–Crippen MR) is 69.4 cm³/mol. The summed E-state index contributed by atoms with van der Waals surface area (Å²) in [5.41, 5.74) is 0.236. The highest BCUT2D eigenvalue weighted by Crippen LogP contribution is 2.23. The number of aromatic amines is 1. The van der Waals surface area contributed by atoms with Crippen LogP contribution in [-0.4, -0.2) is 38.5 Å². The minimum absolute atomic E-state index is 0.131. The van der Waals surface area contributed by atoms with Crippen LogP contribution in [0.1, 0.15) is 25.1 Å². The van der Waals surface area contributed by atoms with Gasteiger partial charge in [-0.15, -0.1) is 0 Å². The van der Waals surface area contributed by atoms with Gasteiger partial charge in [-0.05, 0) is 26.2 Å². The van der Waals surface area contributed by atoms with Crippen LogP contribution < -0.4 is 10.6 Å². The van der Waals surface area contributed by atoms with E-state index in [0.717, 1.165) is 32.1 Å². The Labute approximate surface area is 109 Å². The first-order chi connectivity index (χ1) is 9.20. The zero-order valence-electron chi connectivity index (χ0n) is 10.7. The van der Waals surface area contributed by atoms with Crippen molar-refractivity contribution in [2.45, 2.75) is 32.2 Å². The van der Waals surface area contributed by atoms with E-state index in [1.54, 1.807) is 13.0 Å². The van der Waals surface area contributed by atoms with E-state index in [1.165, 1.54) is 4.40 Å². The number of aldehydes is 1. The van der Waals surface area contributed by atoms with Gasteiger partial charge in [-0.2, -0.15) is 5.10 Å². The Morgan fingerprint density at radius 3 is 3.11 bits per heavy atom. The number of nitrogens with one attached hydrogen (secondary N) is 1. The number of rotatable bonds is 2. The van der Waals surface area contributed by atoms with Crippen molar-refractivity contribution in [1.29, 1.82) is 0 Å². The molecule has 1 fully saturated rings. The summed E-state index contributed by atoms with van der Waals surface area (Å²) >= 11 is 0. The Kier molecular flexibility index (Phi) is 2.81. The van der Waals surface area contributed by atoms with Crippen LogP contribution in [0.5, 0.6) is 0 Å². The first-order valence-corrected chi connectivity index (χ1v) is 6.37. The zero-order valence-corrected chi connectivity index (χ0v) is 10.7. The number of hydrogen-bond acceptors (Lipinski definition) is 5. The van der Waals surface area contributed by atoms with Gasteiger partial charge in [-0.3, -0.25) is 0 Å². The number of aromatic nitrogens is 4. The Morgan fingerprint density at radius 1 is 1.47 bits per heavy atom. The summed E-state index contributed by atoms with van der Waals surface area (Å²) in [5.74, 6) is 1.28. The molecular weight excluding hydrogens is 246 g/mol. The van der Waals surface area contributed by atoms with Crippen molar-refractivity contribution >= 4 is 17.8 Å². The summed E-state index contributed by atoms with van der Waals surface area (Å²) in [7, 11) is 0. The molecule has 1 aliphatic heterocycles. The van der Waals surface area contributed by atoms with E-state index in [9.17, 15) is 9.59 Å². The van der Waals surface area contributed by atoms with Crippen LogP contribution in [0.4, 0.5) is 5.82 Å². The van der Waals surface area contributed by atoms with Crippen LogP contribution in [0, 0.1) is 6.92 Å². The van der Waals surface area contributed by atoms with Crippen LogP contribution in [0.15, 0.2) is 10.9 Å². The average Bonchev–Trinajstić information content (AvgIpc) is 2.80. The van der Waals surface area contributed by atoms with Crippen molar-refractivity contribution < 1.29 is 4.79 Å². The number of nitrogens with zero attached hydrogens (tertiary/aromatic N) is 4. The third kappa shape index (κ3) is 1.91. The first kappa shape index (κ1) is 11.9. The van der Waals surface area contributed by atoms with Crippen LogP contribution in [0.2, 0.25) is 0 Å². The average molecular weight is 261 g/mol. The molecule has 100 valence electrons. The van der Waals surface area contributed by atoms with Crippen molar-refractivity contribution in [3.05, 3.63) is 22.4 Å². The summed E-state index contributed by atoms with van der Waals surface area (Å²) in [5, 5.41) is 6.36. The Bertz CT molecular complexity index is 674. The van der Waals surface area contributed by atoms with Gasteiger partial charge in [-0.25, -0.2) is 19.3 Å². The maximum Gasteiger partial charge on any atom is 0.349 e. The van der Waals surface area contributed by atoms with Gasteiger partial charge < -0.3 is 9.69 Å². The van der Waals surface area contributed by atoms with Crippen LogP contribution in [-0.2, 0) is 4.79 Å². The second-order valence-corrected chi connectivity index (χ2v) is 4.78. The second kappa shape index (κ2) is 4.49. The first-order valence-electron chi connectivity index (χ1n) is 6.37. The topological polar surface area (TPSA) is 83.4 Å². The maximum absolute atomic E-state index is 11.5. The Morgan fingerprint density at radius 2 is 2.32 bits per heavy atom. The molecule has 0 radical (unpaired) electrons. The van der Waals surface area contributed by atoms with E-state index in [4.69, 9.17) is 0 Å². The van der Waals surface area contributed by atoms with Crippen molar-refractivity contribution in [3.63, 3.8) is 0 Å². The molecule has 0 aromatic carbocycles. The fourth-order valence-electron chi connectivity index (χ4n) is 2.61. The minimum atomic E-state index is -0.294. The van der Waals surface area contributed by atoms with Crippen LogP contribution in [0.25, 0.3) is 5.65 Å². The third-order valence-corrected chi connectivity index (χ3v) is 3.56. The van der Waals surface area contributed by atoms with Crippen LogP contribution in [0.3, 0.4) is 0 Å². The number of piperidine rings is 1. The molecule has 19 heavy (non-hydrogen) atoms. The van der Waals surface area contributed by atoms with E-state index in [2.05, 4.69) is 15.2 Å². The van der Waals surface area contributed by atoms with Crippen molar-refractivity contribution in [2.24, 2.45) is 0 Å². The molecule has 0 spiro atoms. The number of H-pyrrole nitrogens is 1. The molecule has 2 aromatic rings. The standard InChI is InChI=1S/C12H15N5O2/c1-8-13-10(6-11-14-15-12(19)17(8)11)16-5-3-2-4-9(16)7-18/h6-7,9H,2-5H2,1H3,(H,15,19). The molecule has 1 saturated heterocycles. The summed E-state index contributed by atoms with van der Waals surface area (Å²) in [6.45, 7) is 2.56. The van der Waals surface area contributed by atoms with Gasteiger partial charge >= 0.3 is 5.69 Å². The lowest BCUT2D eigenvalue weighted by atomic mass is 10.0. The number of fused-ring (bicyclic) bond motifs is 1. The summed E-state index contributed by atoms with van der Waals surface area (Å²) in [6.07, 6.45) is 3.92. The van der Waals surface area contributed by atoms with E-state index < -0.39 is 0 Å². The molecule has 0 aliphatic carbocycles. The molecule has 3 rings (SSSR count). The molecule has 0 saturated carbocycles. The van der Waals surface area contributed by atoms with E-state index in [-0.39, 0.29) is 11.7 Å². The molecule has 1 atom stereocenters. The highest BCUT2D eigenvalue weighted by atomic mass is 16.1. The molecule has 0 bridgehead atoms. The normalized spacial score (nSPS) is 19.8. The highest BCUT2D eigenvalue weighted by molar-refractivity contribution is 5.66. The lowest BCUT2D eigenvalue weighted by Gasteiger charge is -2.33. The molecule has 1 N–H and O–H groups in total. The maximum atomic E-state index is 11.5. The predicted octanol–water partition coefficient (Wildman–Crippen LogP) is 0.284. The van der Waals surface area contributed by atoms with Crippen LogP contribution >= 0.6 is 0 Å². The number of aryl methyl sites for hydroxylation is 1. The summed E-state index contributed by atoms with van der Waals surface area (Å²) in [4.78, 5) is 29.1. The highest BCUT2D eigenvalue weighted by Gasteiger charge is 2.24. The molecule has 7 nitrogen and oxygen atoms in total. The Balaban J connectivity index is 2.09. The lowest BCUT2D eigenvalue weighted by molar-refractivity contribution is -0.109. The second-order valence-electron chi connectivity index (χ2n) is 4.78. The van der Waals surface area contributed by atoms with Gasteiger partial charge in [0.15, 0.2) is 5.65 Å². The Hall–Kier alpha value is -2.18. The molecule has 0 amide bonds. The van der Waals surface area contributed by atoms with Gasteiger partial charge in [-0.1, -0.05) is 0 Å². The quantitative estimate of drug-likeness (QED) is 0.785. The smallest absolute Gasteiger partial charge is 0.347 e. The minimum Gasteiger partial charge on any atom is -0.347 e. The van der Waals surface area contributed by atoms with Gasteiger partial charge in [0.05, 0.1) is 6.04 Å². The number of carbonyl (C=O) groups is 1. The molecule has 3 heterocycles. The van der Waals surface area contributed by atoms with Crippen molar-refractivity contribution in [3.8, 4) is 0 Å². The molecule has 7 heteroatoms. The monoisotopic (exact) mass is 261 g/mol. The van der Waals surface area contributed by atoms with Gasteiger partial charge in [0, 0.05) is 12.6 Å². The van der Waals surface area contributed by atoms with E-state index >= 15 is 0 Å². The zero-order chi connectivity index (χ0) is 13.4. The molecular formula is C12H15N5O2. The summed E-state index contributed by atoms with van der Waals surface area (Å²) in [6, 6.07) is 1.61. The fraction of sp³-hybridized carbons (Fsp3) is 0.500. The number of anilines is 1. The fourth-order valence-corrected chi connectivity index (χ4v) is 2.61. The number of carbonyl (C=O) groups excluding carboxylic acids is 1. The van der Waals surface area contributed by atoms with Crippen molar-refractivity contribution in [1.82, 2.24) is 19.6 Å². The summed E-state index contributed by atoms with van der Waals surface area (Å²) < 4.78 is 1.42. The SMILES string of the molecule is Cc1nc(N2CCCCC2C=O)cc2n[nH]c(=O)n12. The molecule has 1 unspecified atom stereocenters. The third-order valence-electron chi connectivity index (χ3n) is 3.56.